The summed E-state index contributed by atoms with van der Waals surface area (Å²) in [5.41, 5.74) is 4.74. The number of ether oxygens (including phenoxy) is 1. The normalized spacial score (nSPS) is 9.91. The van der Waals surface area contributed by atoms with Crippen LogP contribution in [0.2, 0.25) is 0 Å². The van der Waals surface area contributed by atoms with Crippen molar-refractivity contribution in [3.05, 3.63) is 6.04 Å². The minimum Gasteiger partial charge on any atom is -0.481 e. The van der Waals surface area contributed by atoms with E-state index in [9.17, 15) is 4.79 Å². The van der Waals surface area contributed by atoms with Crippen molar-refractivity contribution in [3.63, 3.8) is 0 Å². The Morgan fingerprint density at radius 2 is 1.82 bits per heavy atom. The zero-order chi connectivity index (χ0) is 8.36. The van der Waals surface area contributed by atoms with Crippen molar-refractivity contribution in [1.29, 1.82) is 0 Å². The van der Waals surface area contributed by atoms with Crippen LogP contribution in [0, 0.1) is 6.04 Å². The Morgan fingerprint density at radius 3 is 1.91 bits per heavy atom. The predicted octanol–water partition coefficient (Wildman–Crippen LogP) is 0.836. The molecule has 0 aliphatic heterocycles. The van der Waals surface area contributed by atoms with E-state index < -0.39 is 11.6 Å². The van der Waals surface area contributed by atoms with Crippen molar-refractivity contribution in [2.45, 2.75) is 33.3 Å². The van der Waals surface area contributed by atoms with E-state index in [1.807, 2.05) is 0 Å². The molecule has 0 aromatic heterocycles. The van der Waals surface area contributed by atoms with Gasteiger partial charge in [0, 0.05) is 19.5 Å². The molecule has 0 aromatic carbocycles. The van der Waals surface area contributed by atoms with Gasteiger partial charge < -0.3 is 10.5 Å². The second kappa shape index (κ2) is 4.73. The summed E-state index contributed by atoms with van der Waals surface area (Å²) in [6, 6.07) is 0.190. The van der Waals surface area contributed by atoms with Gasteiger partial charge in [0.05, 0.1) is 0 Å². The zero-order valence-electron chi connectivity index (χ0n) is 7.23. The van der Waals surface area contributed by atoms with Crippen molar-refractivity contribution < 1.29 is 29.0 Å². The first-order valence-electron chi connectivity index (χ1n) is 3.15. The van der Waals surface area contributed by atoms with Crippen LogP contribution >= 0.6 is 0 Å². The van der Waals surface area contributed by atoms with Gasteiger partial charge in [-0.25, -0.2) is 6.04 Å². The molecule has 4 heteroatoms. The molecule has 0 heterocycles. The van der Waals surface area contributed by atoms with Gasteiger partial charge in [0.1, 0.15) is 5.60 Å². The summed E-state index contributed by atoms with van der Waals surface area (Å²) in [6.07, 6.45) is 0. The average molecular weight is 247 g/mol. The van der Waals surface area contributed by atoms with E-state index in [1.165, 1.54) is 6.92 Å². The van der Waals surface area contributed by atoms with Gasteiger partial charge >= 0.3 is 0 Å². The van der Waals surface area contributed by atoms with E-state index in [2.05, 4.69) is 0 Å². The summed E-state index contributed by atoms with van der Waals surface area (Å²) >= 11 is 0. The SMILES string of the molecule is C[C-](N)C(=O)OC(C)(C)C.[Rh]. The molecule has 1 radical (unpaired) electrons. The van der Waals surface area contributed by atoms with Crippen LogP contribution in [0.25, 0.3) is 0 Å². The maximum absolute atomic E-state index is 10.8. The quantitative estimate of drug-likeness (QED) is 0.424. The molecule has 0 atom stereocenters. The molecule has 0 aliphatic carbocycles. The fraction of sp³-hybridized carbons (Fsp3) is 0.714. The van der Waals surface area contributed by atoms with E-state index in [4.69, 9.17) is 10.5 Å². The first-order chi connectivity index (χ1) is 4.33. The Kier molecular flexibility index (Phi) is 5.81. The average Bonchev–Trinajstić information content (AvgIpc) is 1.60. The van der Waals surface area contributed by atoms with E-state index in [1.54, 1.807) is 20.8 Å². The van der Waals surface area contributed by atoms with Crippen molar-refractivity contribution in [3.8, 4) is 0 Å². The molecular formula is C7H14NO2Rh-. The summed E-state index contributed by atoms with van der Waals surface area (Å²) < 4.78 is 4.90. The third-order valence-electron chi connectivity index (χ3n) is 0.721. The third kappa shape index (κ3) is 7.82. The molecule has 69 valence electrons. The van der Waals surface area contributed by atoms with Crippen LogP contribution in [0.1, 0.15) is 27.7 Å². The Morgan fingerprint density at radius 1 is 1.45 bits per heavy atom. The molecule has 0 saturated carbocycles. The zero-order valence-corrected chi connectivity index (χ0v) is 8.87. The summed E-state index contributed by atoms with van der Waals surface area (Å²) in [5, 5.41) is 0. The van der Waals surface area contributed by atoms with Crippen LogP contribution < -0.4 is 5.73 Å². The molecule has 0 spiro atoms. The molecule has 2 N–H and O–H groups in total. The number of hydrogen-bond acceptors (Lipinski definition) is 3. The Balaban J connectivity index is 0. The number of rotatable bonds is 1. The molecular weight excluding hydrogens is 233 g/mol. The number of carbonyl (C=O) groups is 1. The van der Waals surface area contributed by atoms with Gasteiger partial charge in [-0.1, -0.05) is 0 Å². The standard InChI is InChI=1S/C7H14NO2.Rh/c1-5(8)6(9)10-7(2,3)4;/h8H2,1-4H3;/q-1;. The van der Waals surface area contributed by atoms with Crippen molar-refractivity contribution >= 4 is 5.97 Å². The van der Waals surface area contributed by atoms with Gasteiger partial charge in [0.15, 0.2) is 5.97 Å². The van der Waals surface area contributed by atoms with Gasteiger partial charge in [0.25, 0.3) is 0 Å². The molecule has 3 nitrogen and oxygen atoms in total. The van der Waals surface area contributed by atoms with Gasteiger partial charge in [-0.2, -0.15) is 6.92 Å². The Labute approximate surface area is 80.4 Å². The fourth-order valence-corrected chi connectivity index (χ4v) is 0.359. The molecule has 11 heavy (non-hydrogen) atoms. The van der Waals surface area contributed by atoms with Crippen molar-refractivity contribution in [2.75, 3.05) is 0 Å². The van der Waals surface area contributed by atoms with Crippen molar-refractivity contribution in [2.24, 2.45) is 5.73 Å². The van der Waals surface area contributed by atoms with Crippen LogP contribution in [0.3, 0.4) is 0 Å². The van der Waals surface area contributed by atoms with Gasteiger partial charge in [-0.05, 0) is 20.8 Å². The van der Waals surface area contributed by atoms with E-state index in [0.29, 0.717) is 0 Å². The van der Waals surface area contributed by atoms with Crippen LogP contribution in [0.4, 0.5) is 0 Å². The molecule has 0 rings (SSSR count). The minimum atomic E-state index is -0.447. The number of carbonyl (C=O) groups excluding carboxylic acids is 1. The monoisotopic (exact) mass is 247 g/mol. The molecule has 0 saturated heterocycles. The number of hydrogen-bond donors (Lipinski definition) is 1. The maximum atomic E-state index is 10.8. The Hall–Kier alpha value is -0.0766. The molecule has 0 bridgehead atoms. The summed E-state index contributed by atoms with van der Waals surface area (Å²) in [6.45, 7) is 6.92. The molecule has 0 amide bonds. The smallest absolute Gasteiger partial charge is 0.182 e. The Bertz CT molecular complexity index is 129. The predicted molar refractivity (Wildman–Crippen MR) is 38.9 cm³/mol. The van der Waals surface area contributed by atoms with Crippen LogP contribution in [-0.4, -0.2) is 11.6 Å². The van der Waals surface area contributed by atoms with E-state index in [-0.39, 0.29) is 25.5 Å². The first kappa shape index (κ1) is 13.5. The number of esters is 1. The fourth-order valence-electron chi connectivity index (χ4n) is 0.359. The maximum Gasteiger partial charge on any atom is 0.182 e. The van der Waals surface area contributed by atoms with Crippen molar-refractivity contribution in [1.82, 2.24) is 0 Å². The van der Waals surface area contributed by atoms with Gasteiger partial charge in [-0.3, -0.25) is 4.79 Å². The molecule has 0 aromatic rings. The molecule has 0 fully saturated rings. The summed E-state index contributed by atoms with van der Waals surface area (Å²) in [7, 11) is 0. The van der Waals surface area contributed by atoms with Crippen LogP contribution in [0.5, 0.6) is 0 Å². The molecule has 0 unspecified atom stereocenters. The first-order valence-corrected chi connectivity index (χ1v) is 3.15. The largest absolute Gasteiger partial charge is 0.481 e. The van der Waals surface area contributed by atoms with Crippen LogP contribution in [0.15, 0.2) is 0 Å². The van der Waals surface area contributed by atoms with E-state index in [0.717, 1.165) is 0 Å². The second-order valence-electron chi connectivity index (χ2n) is 3.18. The minimum absolute atomic E-state index is 0. The summed E-state index contributed by atoms with van der Waals surface area (Å²) in [4.78, 5) is 10.8. The second-order valence-corrected chi connectivity index (χ2v) is 3.18. The topological polar surface area (TPSA) is 52.3 Å². The molecule has 0 aliphatic rings. The number of nitrogens with two attached hydrogens (primary N) is 1. The summed E-state index contributed by atoms with van der Waals surface area (Å²) in [5.74, 6) is -0.438. The van der Waals surface area contributed by atoms with Gasteiger partial charge in [0.2, 0.25) is 0 Å². The van der Waals surface area contributed by atoms with E-state index >= 15 is 0 Å². The van der Waals surface area contributed by atoms with Gasteiger partial charge in [-0.15, -0.1) is 0 Å². The van der Waals surface area contributed by atoms with Crippen LogP contribution in [-0.2, 0) is 29.0 Å². The third-order valence-corrected chi connectivity index (χ3v) is 0.721.